The molecule has 0 saturated heterocycles. The summed E-state index contributed by atoms with van der Waals surface area (Å²) in [6, 6.07) is 1.11. The van der Waals surface area contributed by atoms with Gasteiger partial charge in [0.1, 0.15) is 5.40 Å². The summed E-state index contributed by atoms with van der Waals surface area (Å²) in [7, 11) is 0. The van der Waals surface area contributed by atoms with E-state index < -0.39 is 6.04 Å². The minimum Gasteiger partial charge on any atom is -0.319 e. The summed E-state index contributed by atoms with van der Waals surface area (Å²) >= 11 is 0.822. The van der Waals surface area contributed by atoms with Gasteiger partial charge >= 0.3 is 0 Å². The lowest BCUT2D eigenvalue weighted by Crippen LogP contribution is -2.22. The molecule has 0 aliphatic rings. The molecule has 5 heteroatoms. The number of thioether (sulfide) groups is 1. The number of thiocyanates is 1. The Morgan fingerprint density at radius 2 is 2.27 bits per heavy atom. The van der Waals surface area contributed by atoms with Crippen LogP contribution in [-0.2, 0) is 0 Å². The number of nitriles is 2. The molecular weight excluding hydrogens is 160 g/mol. The van der Waals surface area contributed by atoms with Gasteiger partial charge < -0.3 is 11.1 Å². The van der Waals surface area contributed by atoms with E-state index in [1.54, 1.807) is 11.5 Å². The van der Waals surface area contributed by atoms with Crippen molar-refractivity contribution in [1.82, 2.24) is 0 Å². The van der Waals surface area contributed by atoms with Crippen molar-refractivity contribution in [3.8, 4) is 11.5 Å². The van der Waals surface area contributed by atoms with E-state index in [-0.39, 0.29) is 5.57 Å². The quantitative estimate of drug-likeness (QED) is 0.364. The van der Waals surface area contributed by atoms with Crippen LogP contribution in [0, 0.1) is 27.4 Å². The Labute approximate surface area is 68.8 Å². The first-order chi connectivity index (χ1) is 5.26. The van der Waals surface area contributed by atoms with Crippen molar-refractivity contribution in [3.05, 3.63) is 11.0 Å². The number of nitrogens with two attached hydrogens (primary N) is 1. The zero-order chi connectivity index (χ0) is 8.69. The van der Waals surface area contributed by atoms with Crippen molar-refractivity contribution >= 4 is 18.0 Å². The van der Waals surface area contributed by atoms with Gasteiger partial charge in [-0.2, -0.15) is 10.5 Å². The van der Waals surface area contributed by atoms with E-state index in [1.165, 1.54) is 5.41 Å². The van der Waals surface area contributed by atoms with Gasteiger partial charge in [0, 0.05) is 11.6 Å². The number of hydrogen-bond donors (Lipinski definition) is 2. The fraction of sp³-hybridized carbons (Fsp3) is 0.167. The van der Waals surface area contributed by atoms with Crippen LogP contribution in [0.1, 0.15) is 0 Å². The Morgan fingerprint density at radius 3 is 2.64 bits per heavy atom. The molecule has 0 heterocycles. The summed E-state index contributed by atoms with van der Waals surface area (Å²) in [5, 5.41) is 26.4. The minimum absolute atomic E-state index is 0.228. The van der Waals surface area contributed by atoms with Gasteiger partial charge in [-0.3, -0.25) is 0 Å². The maximum absolute atomic E-state index is 8.43. The first kappa shape index (κ1) is 9.70. The van der Waals surface area contributed by atoms with E-state index in [4.69, 9.17) is 21.7 Å². The normalized spacial score (nSPS) is 12.8. The van der Waals surface area contributed by atoms with E-state index in [2.05, 4.69) is 0 Å². The average Bonchev–Trinajstić information content (AvgIpc) is 2.05. The molecule has 4 nitrogen and oxygen atoms in total. The second kappa shape index (κ2) is 5.48. The van der Waals surface area contributed by atoms with Gasteiger partial charge in [0.25, 0.3) is 0 Å². The summed E-state index contributed by atoms with van der Waals surface area (Å²) in [5.41, 5.74) is 5.54. The van der Waals surface area contributed by atoms with Crippen LogP contribution < -0.4 is 5.73 Å². The molecule has 0 spiro atoms. The van der Waals surface area contributed by atoms with Gasteiger partial charge in [0.2, 0.25) is 0 Å². The first-order valence-corrected chi connectivity index (χ1v) is 3.55. The Morgan fingerprint density at radius 1 is 1.64 bits per heavy atom. The summed E-state index contributed by atoms with van der Waals surface area (Å²) in [4.78, 5) is 0. The predicted molar refractivity (Wildman–Crippen MR) is 43.7 cm³/mol. The van der Waals surface area contributed by atoms with Crippen molar-refractivity contribution in [2.45, 2.75) is 6.04 Å². The van der Waals surface area contributed by atoms with Crippen LogP contribution in [-0.4, -0.2) is 12.3 Å². The topological polar surface area (TPSA) is 97.4 Å². The second-order valence-corrected chi connectivity index (χ2v) is 2.24. The van der Waals surface area contributed by atoms with E-state index in [1.807, 2.05) is 0 Å². The van der Waals surface area contributed by atoms with Crippen molar-refractivity contribution in [2.24, 2.45) is 5.73 Å². The van der Waals surface area contributed by atoms with Gasteiger partial charge in [0.15, 0.2) is 0 Å². The van der Waals surface area contributed by atoms with Crippen LogP contribution >= 0.6 is 11.8 Å². The van der Waals surface area contributed by atoms with Crippen molar-refractivity contribution in [1.29, 1.82) is 15.9 Å². The van der Waals surface area contributed by atoms with Crippen LogP contribution in [0.5, 0.6) is 0 Å². The third kappa shape index (κ3) is 3.41. The van der Waals surface area contributed by atoms with Crippen molar-refractivity contribution < 1.29 is 0 Å². The highest BCUT2D eigenvalue weighted by atomic mass is 32.2. The monoisotopic (exact) mass is 166 g/mol. The van der Waals surface area contributed by atoms with Crippen LogP contribution in [0.25, 0.3) is 0 Å². The van der Waals surface area contributed by atoms with Gasteiger partial charge in [-0.1, -0.05) is 0 Å². The standard InChI is InChI=1S/C6H6N4S/c7-1-5(3-11-4-9)6(10)2-8/h2-3,6,8H,10H2/b5-3-,8-2?. The van der Waals surface area contributed by atoms with Crippen molar-refractivity contribution in [2.75, 3.05) is 0 Å². The van der Waals surface area contributed by atoms with E-state index in [9.17, 15) is 0 Å². The van der Waals surface area contributed by atoms with Crippen LogP contribution in [0.15, 0.2) is 11.0 Å². The molecule has 0 aromatic rings. The molecule has 0 bridgehead atoms. The van der Waals surface area contributed by atoms with E-state index >= 15 is 0 Å². The van der Waals surface area contributed by atoms with Crippen LogP contribution in [0.3, 0.4) is 0 Å². The molecule has 0 fully saturated rings. The number of rotatable bonds is 3. The number of nitrogens with one attached hydrogen (secondary N) is 1. The molecule has 0 aliphatic carbocycles. The predicted octanol–water partition coefficient (Wildman–Crippen LogP) is 0.585. The number of nitrogens with zero attached hydrogens (tertiary/aromatic N) is 2. The molecule has 0 saturated carbocycles. The lowest BCUT2D eigenvalue weighted by Gasteiger charge is -1.99. The summed E-state index contributed by atoms with van der Waals surface area (Å²) in [5.74, 6) is 0. The lowest BCUT2D eigenvalue weighted by molar-refractivity contribution is 1.05. The smallest absolute Gasteiger partial charge is 0.138 e. The molecule has 0 amide bonds. The molecule has 56 valence electrons. The Balaban J connectivity index is 4.32. The van der Waals surface area contributed by atoms with Crippen LogP contribution in [0.4, 0.5) is 0 Å². The first-order valence-electron chi connectivity index (χ1n) is 2.67. The fourth-order valence-electron chi connectivity index (χ4n) is 0.359. The molecule has 0 aromatic heterocycles. The molecule has 3 N–H and O–H groups in total. The molecular formula is C6H6N4S. The summed E-state index contributed by atoms with van der Waals surface area (Å²) in [6.45, 7) is 0. The molecule has 1 atom stereocenters. The molecule has 0 aromatic carbocycles. The third-order valence-electron chi connectivity index (χ3n) is 0.906. The average molecular weight is 166 g/mol. The lowest BCUT2D eigenvalue weighted by atomic mass is 10.2. The van der Waals surface area contributed by atoms with Gasteiger partial charge in [-0.15, -0.1) is 0 Å². The maximum atomic E-state index is 8.43. The van der Waals surface area contributed by atoms with E-state index in [0.717, 1.165) is 18.0 Å². The van der Waals surface area contributed by atoms with Crippen molar-refractivity contribution in [3.63, 3.8) is 0 Å². The largest absolute Gasteiger partial charge is 0.319 e. The number of hydrogen-bond acceptors (Lipinski definition) is 5. The SMILES string of the molecule is N#CS/C=C(/C#N)C(N)C=N. The summed E-state index contributed by atoms with van der Waals surface area (Å²) in [6.07, 6.45) is 0.951. The van der Waals surface area contributed by atoms with Gasteiger partial charge in [-0.25, -0.2) is 0 Å². The highest BCUT2D eigenvalue weighted by Crippen LogP contribution is 2.05. The Hall–Kier alpha value is -1.30. The van der Waals surface area contributed by atoms with Gasteiger partial charge in [0.05, 0.1) is 17.7 Å². The molecule has 0 aliphatic heterocycles. The highest BCUT2D eigenvalue weighted by Gasteiger charge is 2.03. The molecule has 1 unspecified atom stereocenters. The van der Waals surface area contributed by atoms with E-state index in [0.29, 0.717) is 0 Å². The minimum atomic E-state index is -0.694. The Bertz CT molecular complexity index is 244. The zero-order valence-corrected chi connectivity index (χ0v) is 6.43. The summed E-state index contributed by atoms with van der Waals surface area (Å²) < 4.78 is 0. The second-order valence-electron chi connectivity index (χ2n) is 1.59. The van der Waals surface area contributed by atoms with Crippen LogP contribution in [0.2, 0.25) is 0 Å². The third-order valence-corrected chi connectivity index (χ3v) is 1.38. The maximum Gasteiger partial charge on any atom is 0.138 e. The Kier molecular flexibility index (Phi) is 4.83. The highest BCUT2D eigenvalue weighted by molar-refractivity contribution is 8.06. The molecule has 0 rings (SSSR count). The molecule has 11 heavy (non-hydrogen) atoms. The van der Waals surface area contributed by atoms with Gasteiger partial charge in [-0.05, 0) is 11.8 Å². The molecule has 0 radical (unpaired) electrons. The zero-order valence-electron chi connectivity index (χ0n) is 5.61. The fourth-order valence-corrected chi connectivity index (χ4v) is 0.749.